The summed E-state index contributed by atoms with van der Waals surface area (Å²) in [6.07, 6.45) is 1.40. The van der Waals surface area contributed by atoms with Crippen molar-refractivity contribution in [2.24, 2.45) is 0 Å². The van der Waals surface area contributed by atoms with Crippen molar-refractivity contribution in [2.45, 2.75) is 13.0 Å². The van der Waals surface area contributed by atoms with E-state index in [-0.39, 0.29) is 5.97 Å². The Hall–Kier alpha value is -1.17. The fraction of sp³-hybridized carbons (Fsp3) is 0.375. The van der Waals surface area contributed by atoms with Crippen molar-refractivity contribution < 1.29 is 9.53 Å². The van der Waals surface area contributed by atoms with Crippen molar-refractivity contribution in [2.75, 3.05) is 12.4 Å². The van der Waals surface area contributed by atoms with Crippen molar-refractivity contribution in [1.29, 1.82) is 0 Å². The monoisotopic (exact) mass is 259 g/mol. The number of nitrogens with one attached hydrogen (secondary N) is 1. The Morgan fingerprint density at radius 2 is 2.36 bits per heavy atom. The van der Waals surface area contributed by atoms with Gasteiger partial charge in [0.05, 0.1) is 7.11 Å². The predicted molar refractivity (Wildman–Crippen MR) is 54.8 cm³/mol. The molecular weight excluding hydrogens is 250 g/mol. The van der Waals surface area contributed by atoms with E-state index in [1.54, 1.807) is 13.0 Å². The maximum atomic E-state index is 11.1. The number of carbonyl (C=O) groups is 1. The van der Waals surface area contributed by atoms with Crippen molar-refractivity contribution in [3.63, 3.8) is 0 Å². The second kappa shape index (κ2) is 4.90. The number of carbonyl (C=O) groups excluding carboxylic acids is 1. The van der Waals surface area contributed by atoms with E-state index >= 15 is 0 Å². The lowest BCUT2D eigenvalue weighted by atomic mass is 10.3. The molecule has 0 bridgehead atoms. The van der Waals surface area contributed by atoms with Crippen LogP contribution in [-0.2, 0) is 9.53 Å². The van der Waals surface area contributed by atoms with Gasteiger partial charge in [0.15, 0.2) is 0 Å². The largest absolute Gasteiger partial charge is 0.467 e. The third-order valence-corrected chi connectivity index (χ3v) is 1.99. The summed E-state index contributed by atoms with van der Waals surface area (Å²) >= 11 is 3.20. The molecule has 1 aromatic heterocycles. The number of ether oxygens (including phenoxy) is 1. The quantitative estimate of drug-likeness (QED) is 0.653. The number of methoxy groups -OCH3 is 1. The summed E-state index contributed by atoms with van der Waals surface area (Å²) in [5, 5.41) is 2.88. The molecule has 0 aliphatic rings. The predicted octanol–water partition coefficient (Wildman–Crippen LogP) is 1.21. The lowest BCUT2D eigenvalue weighted by Crippen LogP contribution is -2.27. The van der Waals surface area contributed by atoms with E-state index in [4.69, 9.17) is 0 Å². The third-order valence-electron chi connectivity index (χ3n) is 1.55. The SMILES string of the molecule is COC(=O)C(C)Nc1cc(Br)ncn1. The van der Waals surface area contributed by atoms with Gasteiger partial charge < -0.3 is 10.1 Å². The van der Waals surface area contributed by atoms with Crippen LogP contribution in [0.25, 0.3) is 0 Å². The molecule has 1 unspecified atom stereocenters. The Morgan fingerprint density at radius 3 is 2.93 bits per heavy atom. The molecule has 0 fully saturated rings. The van der Waals surface area contributed by atoms with Gasteiger partial charge >= 0.3 is 5.97 Å². The Kier molecular flexibility index (Phi) is 3.82. The van der Waals surface area contributed by atoms with E-state index < -0.39 is 6.04 Å². The van der Waals surface area contributed by atoms with E-state index in [9.17, 15) is 4.79 Å². The first-order valence-electron chi connectivity index (χ1n) is 3.95. The van der Waals surface area contributed by atoms with E-state index in [0.717, 1.165) is 0 Å². The third kappa shape index (κ3) is 2.95. The summed E-state index contributed by atoms with van der Waals surface area (Å²) in [7, 11) is 1.34. The van der Waals surface area contributed by atoms with E-state index in [2.05, 4.69) is 36.0 Å². The van der Waals surface area contributed by atoms with Crippen LogP contribution in [0.15, 0.2) is 17.0 Å². The summed E-state index contributed by atoms with van der Waals surface area (Å²) in [4.78, 5) is 18.9. The highest BCUT2D eigenvalue weighted by Crippen LogP contribution is 2.10. The minimum Gasteiger partial charge on any atom is -0.467 e. The molecule has 0 saturated heterocycles. The molecule has 0 spiro atoms. The Labute approximate surface area is 90.0 Å². The zero-order valence-corrected chi connectivity index (χ0v) is 9.41. The zero-order chi connectivity index (χ0) is 10.6. The Morgan fingerprint density at radius 1 is 1.64 bits per heavy atom. The lowest BCUT2D eigenvalue weighted by molar-refractivity contribution is -0.141. The molecule has 76 valence electrons. The van der Waals surface area contributed by atoms with Crippen LogP contribution in [0.5, 0.6) is 0 Å². The van der Waals surface area contributed by atoms with Crippen LogP contribution in [0, 0.1) is 0 Å². The number of hydrogen-bond donors (Lipinski definition) is 1. The highest BCUT2D eigenvalue weighted by molar-refractivity contribution is 9.10. The highest BCUT2D eigenvalue weighted by Gasteiger charge is 2.12. The van der Waals surface area contributed by atoms with Crippen molar-refractivity contribution in [3.8, 4) is 0 Å². The van der Waals surface area contributed by atoms with Crippen LogP contribution in [0.2, 0.25) is 0 Å². The van der Waals surface area contributed by atoms with Crippen LogP contribution in [0.1, 0.15) is 6.92 Å². The number of nitrogens with zero attached hydrogens (tertiary/aromatic N) is 2. The average molecular weight is 260 g/mol. The van der Waals surface area contributed by atoms with Gasteiger partial charge in [-0.05, 0) is 22.9 Å². The molecule has 1 rings (SSSR count). The molecule has 0 aliphatic heterocycles. The van der Waals surface area contributed by atoms with E-state index in [1.807, 2.05) is 0 Å². The summed E-state index contributed by atoms with van der Waals surface area (Å²) < 4.78 is 5.22. The second-order valence-corrected chi connectivity index (χ2v) is 3.43. The lowest BCUT2D eigenvalue weighted by Gasteiger charge is -2.11. The molecule has 0 aromatic carbocycles. The molecule has 14 heavy (non-hydrogen) atoms. The van der Waals surface area contributed by atoms with Gasteiger partial charge in [-0.2, -0.15) is 0 Å². The molecule has 1 heterocycles. The van der Waals surface area contributed by atoms with Gasteiger partial charge in [-0.25, -0.2) is 14.8 Å². The first-order chi connectivity index (χ1) is 6.63. The van der Waals surface area contributed by atoms with E-state index in [0.29, 0.717) is 10.4 Å². The summed E-state index contributed by atoms with van der Waals surface area (Å²) in [5.74, 6) is 0.240. The topological polar surface area (TPSA) is 64.1 Å². The van der Waals surface area contributed by atoms with Gasteiger partial charge in [0.2, 0.25) is 0 Å². The minimum atomic E-state index is -0.429. The summed E-state index contributed by atoms with van der Waals surface area (Å²) in [6, 6.07) is 1.25. The fourth-order valence-corrected chi connectivity index (χ4v) is 1.18. The smallest absolute Gasteiger partial charge is 0.328 e. The number of hydrogen-bond acceptors (Lipinski definition) is 5. The van der Waals surface area contributed by atoms with Gasteiger partial charge in [-0.3, -0.25) is 0 Å². The van der Waals surface area contributed by atoms with Crippen molar-refractivity contribution >= 4 is 27.7 Å². The van der Waals surface area contributed by atoms with Gasteiger partial charge in [-0.15, -0.1) is 0 Å². The summed E-state index contributed by atoms with van der Waals surface area (Å²) in [6.45, 7) is 1.70. The Balaban J connectivity index is 2.64. The zero-order valence-electron chi connectivity index (χ0n) is 7.82. The van der Waals surface area contributed by atoms with Gasteiger partial charge in [0.25, 0.3) is 0 Å². The average Bonchev–Trinajstić information content (AvgIpc) is 2.16. The molecular formula is C8H10BrN3O2. The minimum absolute atomic E-state index is 0.334. The second-order valence-electron chi connectivity index (χ2n) is 2.62. The Bertz CT molecular complexity index is 332. The van der Waals surface area contributed by atoms with Crippen molar-refractivity contribution in [1.82, 2.24) is 9.97 Å². The molecule has 0 saturated carbocycles. The number of rotatable bonds is 3. The van der Waals surface area contributed by atoms with Gasteiger partial charge in [0, 0.05) is 6.07 Å². The molecule has 0 aliphatic carbocycles. The number of anilines is 1. The first kappa shape index (κ1) is 10.9. The molecule has 0 radical (unpaired) electrons. The number of halogens is 1. The van der Waals surface area contributed by atoms with Crippen LogP contribution < -0.4 is 5.32 Å². The number of esters is 1. The fourth-order valence-electron chi connectivity index (χ4n) is 0.870. The van der Waals surface area contributed by atoms with Gasteiger partial charge in [0.1, 0.15) is 22.8 Å². The first-order valence-corrected chi connectivity index (χ1v) is 4.74. The maximum absolute atomic E-state index is 11.1. The standard InChI is InChI=1S/C8H10BrN3O2/c1-5(8(13)14-2)12-7-3-6(9)10-4-11-7/h3-5H,1-2H3,(H,10,11,12). The van der Waals surface area contributed by atoms with Crippen molar-refractivity contribution in [3.05, 3.63) is 17.0 Å². The molecule has 1 N–H and O–H groups in total. The molecule has 0 amide bonds. The van der Waals surface area contributed by atoms with E-state index in [1.165, 1.54) is 13.4 Å². The number of aromatic nitrogens is 2. The normalized spacial score (nSPS) is 11.9. The maximum Gasteiger partial charge on any atom is 0.328 e. The van der Waals surface area contributed by atoms with Crippen LogP contribution in [0.3, 0.4) is 0 Å². The highest BCUT2D eigenvalue weighted by atomic mass is 79.9. The van der Waals surface area contributed by atoms with Crippen LogP contribution in [0.4, 0.5) is 5.82 Å². The van der Waals surface area contributed by atoms with Crippen LogP contribution >= 0.6 is 15.9 Å². The summed E-state index contributed by atoms with van der Waals surface area (Å²) in [5.41, 5.74) is 0. The van der Waals surface area contributed by atoms with Gasteiger partial charge in [-0.1, -0.05) is 0 Å². The molecule has 1 aromatic rings. The van der Waals surface area contributed by atoms with Crippen LogP contribution in [-0.4, -0.2) is 29.1 Å². The molecule has 6 heteroatoms. The molecule has 1 atom stereocenters. The molecule has 5 nitrogen and oxygen atoms in total.